The Bertz CT molecular complexity index is 384. The van der Waals surface area contributed by atoms with Gasteiger partial charge in [0.25, 0.3) is 0 Å². The summed E-state index contributed by atoms with van der Waals surface area (Å²) >= 11 is 0. The summed E-state index contributed by atoms with van der Waals surface area (Å²) in [4.78, 5) is 23.1. The second-order valence-electron chi connectivity index (χ2n) is 2.97. The fourth-order valence-corrected chi connectivity index (χ4v) is 0.989. The van der Waals surface area contributed by atoms with Gasteiger partial charge in [0.05, 0.1) is 13.2 Å². The Morgan fingerprint density at radius 1 is 1.24 bits per heavy atom. The first-order chi connectivity index (χ1) is 8.19. The first kappa shape index (κ1) is 12.9. The second kappa shape index (κ2) is 6.46. The van der Waals surface area contributed by atoms with E-state index in [-0.39, 0.29) is 24.4 Å². The van der Waals surface area contributed by atoms with Gasteiger partial charge in [-0.15, -0.1) is 0 Å². The van der Waals surface area contributed by atoms with Crippen molar-refractivity contribution in [2.24, 2.45) is 0 Å². The van der Waals surface area contributed by atoms with E-state index in [0.29, 0.717) is 12.6 Å². The van der Waals surface area contributed by atoms with Gasteiger partial charge >= 0.3 is 6.01 Å². The number of hydrogen-bond donors (Lipinski definition) is 3. The third-order valence-electron chi connectivity index (χ3n) is 1.80. The number of anilines is 2. The summed E-state index contributed by atoms with van der Waals surface area (Å²) in [6, 6.07) is 0.214. The molecule has 0 spiro atoms. The van der Waals surface area contributed by atoms with Crippen LogP contribution in [0.1, 0.15) is 6.92 Å². The maximum Gasteiger partial charge on any atom is 0.323 e. The summed E-state index contributed by atoms with van der Waals surface area (Å²) in [5.41, 5.74) is 0. The standard InChI is InChI=1S/C9H16N6O2/c1-4-17-9-14-7(11-3)13-8(15-9)12-5-6(16)10-2/h4-5H2,1-3H3,(H,10,16)(H2,11,12,13,14,15). The minimum absolute atomic E-state index is 0.0925. The lowest BCUT2D eigenvalue weighted by Gasteiger charge is -2.07. The van der Waals surface area contributed by atoms with Crippen LogP contribution in [0.3, 0.4) is 0 Å². The Morgan fingerprint density at radius 3 is 2.53 bits per heavy atom. The Labute approximate surface area is 99.2 Å². The van der Waals surface area contributed by atoms with Gasteiger partial charge in [0, 0.05) is 14.1 Å². The molecule has 3 N–H and O–H groups in total. The van der Waals surface area contributed by atoms with E-state index < -0.39 is 0 Å². The quantitative estimate of drug-likeness (QED) is 0.614. The zero-order valence-electron chi connectivity index (χ0n) is 10.1. The first-order valence-electron chi connectivity index (χ1n) is 5.20. The summed E-state index contributed by atoms with van der Waals surface area (Å²) in [5.74, 6) is 0.508. The molecular formula is C9H16N6O2. The molecule has 94 valence electrons. The van der Waals surface area contributed by atoms with Crippen molar-refractivity contribution in [3.63, 3.8) is 0 Å². The maximum atomic E-state index is 11.1. The molecule has 0 fully saturated rings. The summed E-state index contributed by atoms with van der Waals surface area (Å²) in [6.45, 7) is 2.39. The Kier molecular flexibility index (Phi) is 4.92. The van der Waals surface area contributed by atoms with Crippen LogP contribution < -0.4 is 20.7 Å². The molecule has 1 heterocycles. The molecule has 8 heteroatoms. The number of amides is 1. The largest absolute Gasteiger partial charge is 0.464 e. The highest BCUT2D eigenvalue weighted by atomic mass is 16.5. The van der Waals surface area contributed by atoms with Crippen molar-refractivity contribution < 1.29 is 9.53 Å². The van der Waals surface area contributed by atoms with Crippen molar-refractivity contribution in [3.05, 3.63) is 0 Å². The smallest absolute Gasteiger partial charge is 0.323 e. The lowest BCUT2D eigenvalue weighted by molar-refractivity contribution is -0.118. The van der Waals surface area contributed by atoms with Crippen LogP contribution in [-0.2, 0) is 4.79 Å². The summed E-state index contributed by atoms with van der Waals surface area (Å²) < 4.78 is 5.18. The second-order valence-corrected chi connectivity index (χ2v) is 2.97. The molecule has 0 saturated heterocycles. The van der Waals surface area contributed by atoms with Crippen molar-refractivity contribution in [1.29, 1.82) is 0 Å². The van der Waals surface area contributed by atoms with Crippen LogP contribution in [0.4, 0.5) is 11.9 Å². The number of likely N-dealkylation sites (N-methyl/N-ethyl adjacent to an activating group) is 1. The minimum atomic E-state index is -0.158. The first-order valence-corrected chi connectivity index (χ1v) is 5.20. The Hall–Kier alpha value is -2.12. The molecule has 0 atom stereocenters. The SMILES string of the molecule is CCOc1nc(NC)nc(NCC(=O)NC)n1. The number of ether oxygens (including phenoxy) is 1. The minimum Gasteiger partial charge on any atom is -0.464 e. The normalized spacial score (nSPS) is 9.59. The zero-order chi connectivity index (χ0) is 12.7. The zero-order valence-corrected chi connectivity index (χ0v) is 10.1. The molecule has 0 aromatic carbocycles. The lowest BCUT2D eigenvalue weighted by atomic mass is 10.6. The summed E-state index contributed by atoms with van der Waals surface area (Å²) in [7, 11) is 3.25. The molecule has 1 aromatic rings. The topological polar surface area (TPSA) is 101 Å². The predicted octanol–water partition coefficient (Wildman–Crippen LogP) is -0.530. The lowest BCUT2D eigenvalue weighted by Crippen LogP contribution is -2.27. The molecule has 0 bridgehead atoms. The highest BCUT2D eigenvalue weighted by Gasteiger charge is 2.07. The van der Waals surface area contributed by atoms with Gasteiger partial charge in [-0.1, -0.05) is 0 Å². The number of hydrogen-bond acceptors (Lipinski definition) is 7. The van der Waals surface area contributed by atoms with E-state index in [1.165, 1.54) is 0 Å². The fraction of sp³-hybridized carbons (Fsp3) is 0.556. The number of rotatable bonds is 6. The molecule has 0 radical (unpaired) electrons. The molecule has 0 aliphatic rings. The van der Waals surface area contributed by atoms with Crippen molar-refractivity contribution in [2.75, 3.05) is 37.9 Å². The van der Waals surface area contributed by atoms with Crippen molar-refractivity contribution in [1.82, 2.24) is 20.3 Å². The molecule has 0 aliphatic carbocycles. The van der Waals surface area contributed by atoms with E-state index in [4.69, 9.17) is 4.74 Å². The van der Waals surface area contributed by atoms with Gasteiger partial charge in [-0.05, 0) is 6.92 Å². The van der Waals surface area contributed by atoms with Gasteiger partial charge in [-0.25, -0.2) is 0 Å². The van der Waals surface area contributed by atoms with Gasteiger partial charge in [0.15, 0.2) is 0 Å². The maximum absolute atomic E-state index is 11.1. The highest BCUT2D eigenvalue weighted by Crippen LogP contribution is 2.10. The predicted molar refractivity (Wildman–Crippen MR) is 63.1 cm³/mol. The van der Waals surface area contributed by atoms with E-state index in [0.717, 1.165) is 0 Å². The monoisotopic (exact) mass is 240 g/mol. The van der Waals surface area contributed by atoms with Crippen LogP contribution >= 0.6 is 0 Å². The Balaban J connectivity index is 2.75. The molecule has 0 aliphatic heterocycles. The number of nitrogens with zero attached hydrogens (tertiary/aromatic N) is 3. The van der Waals surface area contributed by atoms with Crippen molar-refractivity contribution in [3.8, 4) is 6.01 Å². The van der Waals surface area contributed by atoms with Crippen LogP contribution in [0.25, 0.3) is 0 Å². The van der Waals surface area contributed by atoms with Crippen LogP contribution in [0.5, 0.6) is 6.01 Å². The molecule has 0 saturated carbocycles. The van der Waals surface area contributed by atoms with E-state index >= 15 is 0 Å². The van der Waals surface area contributed by atoms with Crippen LogP contribution in [-0.4, -0.2) is 48.1 Å². The van der Waals surface area contributed by atoms with Crippen LogP contribution in [0.15, 0.2) is 0 Å². The molecule has 17 heavy (non-hydrogen) atoms. The third kappa shape index (κ3) is 4.09. The molecule has 8 nitrogen and oxygen atoms in total. The Morgan fingerprint density at radius 2 is 1.94 bits per heavy atom. The number of aromatic nitrogens is 3. The number of carbonyl (C=O) groups excluding carboxylic acids is 1. The van der Waals surface area contributed by atoms with E-state index in [2.05, 4.69) is 30.9 Å². The average Bonchev–Trinajstić information content (AvgIpc) is 2.36. The molecular weight excluding hydrogens is 224 g/mol. The summed E-state index contributed by atoms with van der Waals surface area (Å²) in [5, 5.41) is 8.04. The number of nitrogens with one attached hydrogen (secondary N) is 3. The number of carbonyl (C=O) groups is 1. The van der Waals surface area contributed by atoms with Gasteiger partial charge in [-0.3, -0.25) is 4.79 Å². The highest BCUT2D eigenvalue weighted by molar-refractivity contribution is 5.79. The summed E-state index contributed by atoms with van der Waals surface area (Å²) in [6.07, 6.45) is 0. The van der Waals surface area contributed by atoms with E-state index in [1.54, 1.807) is 14.1 Å². The van der Waals surface area contributed by atoms with Crippen molar-refractivity contribution >= 4 is 17.8 Å². The van der Waals surface area contributed by atoms with Crippen molar-refractivity contribution in [2.45, 2.75) is 6.92 Å². The molecule has 0 unspecified atom stereocenters. The van der Waals surface area contributed by atoms with Crippen LogP contribution in [0, 0.1) is 0 Å². The van der Waals surface area contributed by atoms with Gasteiger partial charge in [0.2, 0.25) is 17.8 Å². The van der Waals surface area contributed by atoms with Crippen LogP contribution in [0.2, 0.25) is 0 Å². The van der Waals surface area contributed by atoms with Gasteiger partial charge in [-0.2, -0.15) is 15.0 Å². The van der Waals surface area contributed by atoms with Gasteiger partial charge < -0.3 is 20.7 Å². The molecule has 1 amide bonds. The molecule has 1 aromatic heterocycles. The third-order valence-corrected chi connectivity index (χ3v) is 1.80. The molecule has 1 rings (SSSR count). The average molecular weight is 240 g/mol. The fourth-order valence-electron chi connectivity index (χ4n) is 0.989. The van der Waals surface area contributed by atoms with E-state index in [9.17, 15) is 4.79 Å². The van der Waals surface area contributed by atoms with Gasteiger partial charge in [0.1, 0.15) is 0 Å². The van der Waals surface area contributed by atoms with E-state index in [1.807, 2.05) is 6.92 Å².